The molecule has 26 heavy (non-hydrogen) atoms. The minimum absolute atomic E-state index is 0.166. The molecule has 7 nitrogen and oxygen atoms in total. The van der Waals surface area contributed by atoms with E-state index >= 15 is 0 Å². The zero-order chi connectivity index (χ0) is 18.1. The first-order valence-electron chi connectivity index (χ1n) is 8.47. The number of hydrogen-bond acceptors (Lipinski definition) is 4. The summed E-state index contributed by atoms with van der Waals surface area (Å²) in [5.41, 5.74) is 0.104. The van der Waals surface area contributed by atoms with Crippen molar-refractivity contribution >= 4 is 22.8 Å². The van der Waals surface area contributed by atoms with Crippen molar-refractivity contribution in [3.05, 3.63) is 60.8 Å². The summed E-state index contributed by atoms with van der Waals surface area (Å²) in [6.45, 7) is 0.718. The van der Waals surface area contributed by atoms with E-state index in [0.29, 0.717) is 31.6 Å². The first kappa shape index (κ1) is 16.3. The molecule has 0 unspecified atom stereocenters. The molecule has 7 heteroatoms. The van der Waals surface area contributed by atoms with Crippen LogP contribution in [-0.4, -0.2) is 49.5 Å². The van der Waals surface area contributed by atoms with Gasteiger partial charge in [-0.2, -0.15) is 0 Å². The maximum absolute atomic E-state index is 12.8. The van der Waals surface area contributed by atoms with E-state index in [9.17, 15) is 14.7 Å². The number of aromatic nitrogens is 3. The van der Waals surface area contributed by atoms with Gasteiger partial charge < -0.3 is 14.6 Å². The van der Waals surface area contributed by atoms with Gasteiger partial charge in [0.1, 0.15) is 11.2 Å². The fraction of sp³-hybridized carbons (Fsp3) is 0.263. The molecule has 132 valence electrons. The molecule has 1 aliphatic rings. The van der Waals surface area contributed by atoms with E-state index in [2.05, 4.69) is 9.97 Å². The van der Waals surface area contributed by atoms with Gasteiger partial charge >= 0.3 is 5.97 Å². The molecule has 1 saturated heterocycles. The van der Waals surface area contributed by atoms with Crippen LogP contribution in [0.15, 0.2) is 55.1 Å². The number of carbonyl (C=O) groups is 2. The SMILES string of the molecule is O=C(c1ccc2ccccc2n1)N1CCC(C(=O)O)(n2ccnc2)CC1. The lowest BCUT2D eigenvalue weighted by molar-refractivity contribution is -0.150. The molecular weight excluding hydrogens is 332 g/mol. The van der Waals surface area contributed by atoms with Crippen LogP contribution < -0.4 is 0 Å². The first-order chi connectivity index (χ1) is 12.6. The predicted molar refractivity (Wildman–Crippen MR) is 94.7 cm³/mol. The zero-order valence-electron chi connectivity index (χ0n) is 14.1. The largest absolute Gasteiger partial charge is 0.479 e. The molecule has 0 aliphatic carbocycles. The fourth-order valence-electron chi connectivity index (χ4n) is 3.52. The number of benzene rings is 1. The summed E-state index contributed by atoms with van der Waals surface area (Å²) >= 11 is 0. The van der Waals surface area contributed by atoms with Gasteiger partial charge in [-0.25, -0.2) is 14.8 Å². The lowest BCUT2D eigenvalue weighted by atomic mass is 9.87. The molecule has 2 aromatic heterocycles. The Morgan fingerprint density at radius 1 is 1.08 bits per heavy atom. The minimum Gasteiger partial charge on any atom is -0.479 e. The van der Waals surface area contributed by atoms with E-state index in [1.165, 1.54) is 6.33 Å². The standard InChI is InChI=1S/C19H18N4O3/c24-17(16-6-5-14-3-1-2-4-15(14)21-16)22-10-7-19(8-11-22,18(25)26)23-12-9-20-13-23/h1-6,9,12-13H,7-8,10-11H2,(H,25,26). The van der Waals surface area contributed by atoms with Gasteiger partial charge in [-0.1, -0.05) is 24.3 Å². The number of carboxylic acids is 1. The average molecular weight is 350 g/mol. The number of aliphatic carboxylic acids is 1. The topological polar surface area (TPSA) is 88.3 Å². The molecule has 1 fully saturated rings. The fourth-order valence-corrected chi connectivity index (χ4v) is 3.52. The number of pyridine rings is 1. The van der Waals surface area contributed by atoms with Crippen molar-refractivity contribution in [1.29, 1.82) is 0 Å². The second kappa shape index (κ2) is 6.25. The monoisotopic (exact) mass is 350 g/mol. The summed E-state index contributed by atoms with van der Waals surface area (Å²) in [6.07, 6.45) is 5.42. The number of likely N-dealkylation sites (tertiary alicyclic amines) is 1. The number of hydrogen-bond donors (Lipinski definition) is 1. The average Bonchev–Trinajstić information content (AvgIpc) is 3.22. The lowest BCUT2D eigenvalue weighted by Gasteiger charge is -2.39. The highest BCUT2D eigenvalue weighted by molar-refractivity contribution is 5.95. The number of carboxylic acid groups (broad SMARTS) is 1. The van der Waals surface area contributed by atoms with Crippen molar-refractivity contribution in [1.82, 2.24) is 19.4 Å². The Morgan fingerprint density at radius 3 is 2.54 bits per heavy atom. The molecule has 4 rings (SSSR count). The van der Waals surface area contributed by atoms with Crippen molar-refractivity contribution in [2.45, 2.75) is 18.4 Å². The van der Waals surface area contributed by atoms with Crippen molar-refractivity contribution in [2.24, 2.45) is 0 Å². The molecule has 0 spiro atoms. The van der Waals surface area contributed by atoms with Crippen LogP contribution in [-0.2, 0) is 10.3 Å². The summed E-state index contributed by atoms with van der Waals surface area (Å²) in [4.78, 5) is 34.8. The van der Waals surface area contributed by atoms with Crippen molar-refractivity contribution < 1.29 is 14.7 Å². The quantitative estimate of drug-likeness (QED) is 0.782. The van der Waals surface area contributed by atoms with Crippen LogP contribution in [0.4, 0.5) is 0 Å². The molecule has 0 saturated carbocycles. The molecule has 3 aromatic rings. The molecule has 1 aliphatic heterocycles. The van der Waals surface area contributed by atoms with Gasteiger partial charge in [-0.3, -0.25) is 4.79 Å². The molecule has 1 N–H and O–H groups in total. The Bertz CT molecular complexity index is 960. The Balaban J connectivity index is 1.55. The summed E-state index contributed by atoms with van der Waals surface area (Å²) < 4.78 is 1.63. The van der Waals surface area contributed by atoms with Crippen LogP contribution in [0.2, 0.25) is 0 Å². The van der Waals surface area contributed by atoms with Crippen molar-refractivity contribution in [3.8, 4) is 0 Å². The lowest BCUT2D eigenvalue weighted by Crippen LogP contribution is -2.52. The number of nitrogens with zero attached hydrogens (tertiary/aromatic N) is 4. The second-order valence-corrected chi connectivity index (χ2v) is 6.49. The molecule has 1 amide bonds. The normalized spacial score (nSPS) is 16.5. The third-order valence-electron chi connectivity index (χ3n) is 5.09. The van der Waals surface area contributed by atoms with E-state index < -0.39 is 11.5 Å². The van der Waals surface area contributed by atoms with Gasteiger partial charge in [-0.15, -0.1) is 0 Å². The summed E-state index contributed by atoms with van der Waals surface area (Å²) in [7, 11) is 0. The van der Waals surface area contributed by atoms with Gasteiger partial charge in [0.15, 0.2) is 0 Å². The van der Waals surface area contributed by atoms with E-state index in [1.54, 1.807) is 27.9 Å². The number of amides is 1. The molecule has 0 bridgehead atoms. The summed E-state index contributed by atoms with van der Waals surface area (Å²) in [6, 6.07) is 11.2. The molecule has 0 radical (unpaired) electrons. The summed E-state index contributed by atoms with van der Waals surface area (Å²) in [5, 5.41) is 10.7. The van der Waals surface area contributed by atoms with Gasteiger partial charge in [0.25, 0.3) is 5.91 Å². The number of fused-ring (bicyclic) bond motifs is 1. The van der Waals surface area contributed by atoms with Gasteiger partial charge in [0.2, 0.25) is 0 Å². The van der Waals surface area contributed by atoms with Crippen LogP contribution >= 0.6 is 0 Å². The third-order valence-corrected chi connectivity index (χ3v) is 5.09. The maximum atomic E-state index is 12.8. The molecule has 1 aromatic carbocycles. The number of carbonyl (C=O) groups excluding carboxylic acids is 1. The minimum atomic E-state index is -1.05. The number of imidazole rings is 1. The van der Waals surface area contributed by atoms with Crippen LogP contribution in [0.3, 0.4) is 0 Å². The second-order valence-electron chi connectivity index (χ2n) is 6.49. The molecule has 3 heterocycles. The van der Waals surface area contributed by atoms with E-state index in [4.69, 9.17) is 0 Å². The van der Waals surface area contributed by atoms with Crippen LogP contribution in [0.1, 0.15) is 23.3 Å². The molecular formula is C19H18N4O3. The van der Waals surface area contributed by atoms with Crippen molar-refractivity contribution in [2.75, 3.05) is 13.1 Å². The smallest absolute Gasteiger partial charge is 0.330 e. The highest BCUT2D eigenvalue weighted by atomic mass is 16.4. The Labute approximate surface area is 149 Å². The van der Waals surface area contributed by atoms with Gasteiger partial charge in [0.05, 0.1) is 11.8 Å². The van der Waals surface area contributed by atoms with Crippen molar-refractivity contribution in [3.63, 3.8) is 0 Å². The third kappa shape index (κ3) is 2.61. The molecule has 0 atom stereocenters. The Hall–Kier alpha value is -3.22. The van der Waals surface area contributed by atoms with Crippen LogP contribution in [0.5, 0.6) is 0 Å². The number of piperidine rings is 1. The van der Waals surface area contributed by atoms with E-state index in [0.717, 1.165) is 10.9 Å². The first-order valence-corrected chi connectivity index (χ1v) is 8.47. The van der Waals surface area contributed by atoms with Crippen LogP contribution in [0.25, 0.3) is 10.9 Å². The zero-order valence-corrected chi connectivity index (χ0v) is 14.1. The number of para-hydroxylation sites is 1. The highest BCUT2D eigenvalue weighted by Gasteiger charge is 2.44. The van der Waals surface area contributed by atoms with E-state index in [-0.39, 0.29) is 5.91 Å². The number of rotatable bonds is 3. The predicted octanol–water partition coefficient (Wildman–Crippen LogP) is 2.15. The van der Waals surface area contributed by atoms with Gasteiger partial charge in [-0.05, 0) is 25.0 Å². The summed E-state index contributed by atoms with van der Waals surface area (Å²) in [5.74, 6) is -1.06. The highest BCUT2D eigenvalue weighted by Crippen LogP contribution is 2.31. The maximum Gasteiger partial charge on any atom is 0.330 e. The Morgan fingerprint density at radius 2 is 1.85 bits per heavy atom. The Kier molecular flexibility index (Phi) is 3.91. The van der Waals surface area contributed by atoms with Crippen LogP contribution in [0, 0.1) is 0 Å². The van der Waals surface area contributed by atoms with E-state index in [1.807, 2.05) is 30.3 Å². The van der Waals surface area contributed by atoms with Gasteiger partial charge in [0, 0.05) is 30.9 Å².